The van der Waals surface area contributed by atoms with Gasteiger partial charge in [0.15, 0.2) is 8.07 Å². The molecular weight excluding hydrogens is 836 g/mol. The van der Waals surface area contributed by atoms with Crippen molar-refractivity contribution in [3.8, 4) is 22.3 Å². The molecule has 0 saturated heterocycles. The highest BCUT2D eigenvalue weighted by Gasteiger charge is 2.58. The summed E-state index contributed by atoms with van der Waals surface area (Å²) in [5, 5.41) is 6.02. The molecule has 0 aromatic heterocycles. The van der Waals surface area contributed by atoms with E-state index in [9.17, 15) is 0 Å². The summed E-state index contributed by atoms with van der Waals surface area (Å²) in [4.78, 5) is 5.57. The fraction of sp³-hybridized carbons (Fsp3) is 0.250. The zero-order valence-electron chi connectivity index (χ0n) is 41.3. The highest BCUT2D eigenvalue weighted by molar-refractivity contribution is 7.24. The lowest BCUT2D eigenvalue weighted by atomic mass is 9.42. The van der Waals surface area contributed by atoms with Crippen molar-refractivity contribution in [2.45, 2.75) is 104 Å². The lowest BCUT2D eigenvalue weighted by molar-refractivity contribution is 0.332. The monoisotopic (exact) mass is 894 g/mol. The SMILES string of the molecule is Cc1cc2c3c(c1)N(c1cc4c(cc1C)C(C)(C)CCC4(C)C)c1cc4c(cc1B3N1c3ccccc3[Si]3(c5ccccc5-c5ccccc53)c3cccc-2c31)C(C)(C)c1ccccc1C4(C)C. The largest absolute Gasteiger partial charge is 0.376 e. The van der Waals surface area contributed by atoms with E-state index >= 15 is 0 Å². The number of para-hydroxylation sites is 2. The molecule has 4 heteroatoms. The predicted octanol–water partition coefficient (Wildman–Crippen LogP) is 12.0. The van der Waals surface area contributed by atoms with Gasteiger partial charge in [-0.1, -0.05) is 183 Å². The van der Waals surface area contributed by atoms with Crippen LogP contribution in [0.4, 0.5) is 28.4 Å². The second-order valence-corrected chi connectivity index (χ2v) is 27.3. The fourth-order valence-corrected chi connectivity index (χ4v) is 20.4. The van der Waals surface area contributed by atoms with Gasteiger partial charge in [-0.2, -0.15) is 0 Å². The Labute approximate surface area is 404 Å². The van der Waals surface area contributed by atoms with E-state index in [0.29, 0.717) is 0 Å². The molecule has 0 amide bonds. The van der Waals surface area contributed by atoms with Crippen LogP contribution in [0.5, 0.6) is 0 Å². The molecule has 8 aromatic rings. The molecule has 332 valence electrons. The van der Waals surface area contributed by atoms with Crippen molar-refractivity contribution in [3.05, 3.63) is 196 Å². The molecule has 0 saturated carbocycles. The molecular formula is C64H59BN2Si. The topological polar surface area (TPSA) is 6.48 Å². The smallest absolute Gasteiger partial charge is 0.333 e. The van der Waals surface area contributed by atoms with Crippen LogP contribution in [0, 0.1) is 13.8 Å². The minimum absolute atomic E-state index is 0.0606. The summed E-state index contributed by atoms with van der Waals surface area (Å²) < 4.78 is 0. The first-order chi connectivity index (χ1) is 32.6. The van der Waals surface area contributed by atoms with Crippen molar-refractivity contribution in [1.82, 2.24) is 0 Å². The average Bonchev–Trinajstić information content (AvgIpc) is 3.62. The van der Waals surface area contributed by atoms with Gasteiger partial charge >= 0.3 is 6.85 Å². The van der Waals surface area contributed by atoms with Crippen LogP contribution in [0.3, 0.4) is 0 Å². The number of nitrogens with zero attached hydrogens (tertiary/aromatic N) is 2. The van der Waals surface area contributed by atoms with Gasteiger partial charge in [0.05, 0.1) is 0 Å². The molecule has 0 radical (unpaired) electrons. The number of aryl methyl sites for hydroxylation is 2. The Balaban J connectivity index is 1.13. The Morgan fingerprint density at radius 2 is 0.956 bits per heavy atom. The van der Waals surface area contributed by atoms with Crippen LogP contribution < -0.4 is 41.4 Å². The lowest BCUT2D eigenvalue weighted by Crippen LogP contribution is -2.78. The van der Waals surface area contributed by atoms with Gasteiger partial charge in [-0.05, 0) is 155 Å². The summed E-state index contributed by atoms with van der Waals surface area (Å²) in [6.45, 7) is 24.4. The van der Waals surface area contributed by atoms with E-state index in [2.05, 4.69) is 231 Å². The Morgan fingerprint density at radius 3 is 1.62 bits per heavy atom. The summed E-state index contributed by atoms with van der Waals surface area (Å²) in [5.74, 6) is 0. The molecule has 1 spiro atoms. The number of anilines is 5. The van der Waals surface area contributed by atoms with E-state index in [4.69, 9.17) is 0 Å². The summed E-state index contributed by atoms with van der Waals surface area (Å²) in [6.07, 6.45) is 2.38. The second-order valence-electron chi connectivity index (χ2n) is 23.6. The number of hydrogen-bond donors (Lipinski definition) is 0. The number of fused-ring (bicyclic) bond motifs is 16. The van der Waals surface area contributed by atoms with Crippen LogP contribution in [0.15, 0.2) is 152 Å². The maximum atomic E-state index is 2.84. The van der Waals surface area contributed by atoms with Gasteiger partial charge in [0.1, 0.15) is 0 Å². The first kappa shape index (κ1) is 40.7. The third-order valence-corrected chi connectivity index (χ3v) is 23.2. The van der Waals surface area contributed by atoms with Crippen LogP contribution in [-0.4, -0.2) is 14.9 Å². The Morgan fingerprint density at radius 1 is 0.426 bits per heavy atom. The van der Waals surface area contributed by atoms with Crippen molar-refractivity contribution in [1.29, 1.82) is 0 Å². The normalized spacial score (nSPS) is 18.8. The summed E-state index contributed by atoms with van der Waals surface area (Å²) in [6, 6.07) is 60.6. The maximum Gasteiger partial charge on any atom is 0.333 e. The van der Waals surface area contributed by atoms with E-state index in [1.165, 1.54) is 140 Å². The van der Waals surface area contributed by atoms with E-state index in [1.807, 2.05) is 0 Å². The molecule has 0 bridgehead atoms. The van der Waals surface area contributed by atoms with Gasteiger partial charge in [0.2, 0.25) is 0 Å². The second kappa shape index (κ2) is 13.0. The minimum Gasteiger partial charge on any atom is -0.376 e. The maximum absolute atomic E-state index is 2.84. The number of benzene rings is 8. The molecule has 0 fully saturated rings. The molecule has 4 heterocycles. The number of hydrogen-bond acceptors (Lipinski definition) is 2. The lowest BCUT2D eigenvalue weighted by Gasteiger charge is -2.53. The molecule has 0 unspecified atom stereocenters. The van der Waals surface area contributed by atoms with Gasteiger partial charge in [-0.3, -0.25) is 0 Å². The number of rotatable bonds is 1. The molecule has 0 N–H and O–H groups in total. The first-order valence-corrected chi connectivity index (χ1v) is 27.2. The molecule has 14 rings (SSSR count). The Hall–Kier alpha value is -6.36. The van der Waals surface area contributed by atoms with Gasteiger partial charge in [-0.15, -0.1) is 0 Å². The van der Waals surface area contributed by atoms with Crippen molar-refractivity contribution in [3.63, 3.8) is 0 Å². The van der Waals surface area contributed by atoms with E-state index in [0.717, 1.165) is 0 Å². The molecule has 2 nitrogen and oxygen atoms in total. The zero-order valence-corrected chi connectivity index (χ0v) is 42.3. The summed E-state index contributed by atoms with van der Waals surface area (Å²) in [7, 11) is -2.79. The molecule has 6 aliphatic rings. The Bertz CT molecular complexity index is 3540. The first-order valence-electron chi connectivity index (χ1n) is 25.2. The van der Waals surface area contributed by atoms with Crippen LogP contribution in [-0.2, 0) is 21.7 Å². The molecule has 0 atom stereocenters. The molecule has 8 aromatic carbocycles. The van der Waals surface area contributed by atoms with Gasteiger partial charge < -0.3 is 9.71 Å². The minimum atomic E-state index is -2.79. The third kappa shape index (κ3) is 4.80. The average molecular weight is 895 g/mol. The van der Waals surface area contributed by atoms with Crippen LogP contribution in [0.2, 0.25) is 0 Å². The van der Waals surface area contributed by atoms with Gasteiger partial charge in [-0.25, -0.2) is 0 Å². The summed E-state index contributed by atoms with van der Waals surface area (Å²) in [5.41, 5.74) is 26.1. The van der Waals surface area contributed by atoms with E-state index in [1.54, 1.807) is 0 Å². The third-order valence-electron chi connectivity index (χ3n) is 18.3. The molecule has 4 aliphatic heterocycles. The summed E-state index contributed by atoms with van der Waals surface area (Å²) >= 11 is 0. The van der Waals surface area contributed by atoms with Gasteiger partial charge in [0, 0.05) is 44.8 Å². The molecule has 68 heavy (non-hydrogen) atoms. The quantitative estimate of drug-likeness (QED) is 0.152. The van der Waals surface area contributed by atoms with E-state index in [-0.39, 0.29) is 28.5 Å². The predicted molar refractivity (Wildman–Crippen MR) is 292 cm³/mol. The Kier molecular flexibility index (Phi) is 7.80. The molecule has 2 aliphatic carbocycles. The van der Waals surface area contributed by atoms with Crippen LogP contribution >= 0.6 is 0 Å². The van der Waals surface area contributed by atoms with Gasteiger partial charge in [0.25, 0.3) is 0 Å². The van der Waals surface area contributed by atoms with Crippen LogP contribution in [0.25, 0.3) is 22.3 Å². The fourth-order valence-electron chi connectivity index (χ4n) is 14.8. The van der Waals surface area contributed by atoms with Crippen molar-refractivity contribution in [2.75, 3.05) is 9.71 Å². The van der Waals surface area contributed by atoms with Crippen molar-refractivity contribution in [2.24, 2.45) is 0 Å². The highest BCUT2D eigenvalue weighted by Crippen LogP contribution is 2.55. The van der Waals surface area contributed by atoms with Crippen molar-refractivity contribution >= 4 is 75.0 Å². The zero-order chi connectivity index (χ0) is 46.6. The van der Waals surface area contributed by atoms with Crippen molar-refractivity contribution < 1.29 is 0 Å². The standard InChI is InChI=1S/C64H59BN2Si/c1-38-32-43-42-22-19-29-58-60(42)67(51-25-15-18-28-57(51)68(58)55-26-16-11-20-40(55)41-21-12-17-27-56(41)68)65-50-35-48-49(64(9,10)45-24-14-13-23-44(45)63(48,7)8)37-53(50)66(54(33-38)59(43)65)52-36-47-46(34-39(52)2)61(3,4)30-31-62(47,5)6/h11-29,32-37H,30-31H2,1-10H3. The highest BCUT2D eigenvalue weighted by atomic mass is 28.3. The van der Waals surface area contributed by atoms with Crippen LogP contribution in [0.1, 0.15) is 113 Å². The van der Waals surface area contributed by atoms with E-state index < -0.39 is 8.07 Å².